The molecule has 86 valence electrons. The number of carbonyl (C=O) groups is 1. The molecule has 0 atom stereocenters. The van der Waals surface area contributed by atoms with Crippen LogP contribution in [-0.2, 0) is 0 Å². The van der Waals surface area contributed by atoms with E-state index in [4.69, 9.17) is 5.11 Å². The highest BCUT2D eigenvalue weighted by Crippen LogP contribution is 2.21. The minimum absolute atomic E-state index is 0.386. The van der Waals surface area contributed by atoms with Crippen molar-refractivity contribution in [3.63, 3.8) is 0 Å². The molecule has 4 nitrogen and oxygen atoms in total. The number of nitrogens with one attached hydrogen (secondary N) is 1. The van der Waals surface area contributed by atoms with E-state index in [0.717, 1.165) is 24.3 Å². The zero-order valence-corrected chi connectivity index (χ0v) is 9.53. The highest BCUT2D eigenvalue weighted by atomic mass is 16.4. The van der Waals surface area contributed by atoms with Crippen LogP contribution in [0.2, 0.25) is 0 Å². The van der Waals surface area contributed by atoms with E-state index in [0.29, 0.717) is 11.6 Å². The molecular formula is C12H16N2O2. The Morgan fingerprint density at radius 1 is 1.50 bits per heavy atom. The van der Waals surface area contributed by atoms with Crippen LogP contribution in [0.5, 0.6) is 0 Å². The van der Waals surface area contributed by atoms with Crippen molar-refractivity contribution in [1.29, 1.82) is 0 Å². The summed E-state index contributed by atoms with van der Waals surface area (Å²) in [5.41, 5.74) is 2.16. The van der Waals surface area contributed by atoms with Gasteiger partial charge in [-0.2, -0.15) is 0 Å². The summed E-state index contributed by atoms with van der Waals surface area (Å²) in [5, 5.41) is 12.3. The Labute approximate surface area is 94.9 Å². The van der Waals surface area contributed by atoms with Crippen LogP contribution in [-0.4, -0.2) is 37.3 Å². The van der Waals surface area contributed by atoms with Gasteiger partial charge in [0.2, 0.25) is 0 Å². The Bertz CT molecular complexity index is 413. The summed E-state index contributed by atoms with van der Waals surface area (Å²) in [7, 11) is 2.00. The number of rotatable bonds is 3. The van der Waals surface area contributed by atoms with Gasteiger partial charge < -0.3 is 15.3 Å². The Kier molecular flexibility index (Phi) is 2.83. The Balaban J connectivity index is 2.27. The molecule has 1 aromatic carbocycles. The summed E-state index contributed by atoms with van der Waals surface area (Å²) < 4.78 is 0. The summed E-state index contributed by atoms with van der Waals surface area (Å²) in [6.45, 7) is 3.75. The predicted molar refractivity (Wildman–Crippen MR) is 63.2 cm³/mol. The second-order valence-corrected chi connectivity index (χ2v) is 4.23. The van der Waals surface area contributed by atoms with Crippen molar-refractivity contribution >= 4 is 11.7 Å². The van der Waals surface area contributed by atoms with E-state index in [-0.39, 0.29) is 0 Å². The number of hydrogen-bond donors (Lipinski definition) is 2. The molecule has 1 aliphatic rings. The molecular weight excluding hydrogens is 204 g/mol. The summed E-state index contributed by atoms with van der Waals surface area (Å²) in [5.74, 6) is -0.862. The molecule has 0 bridgehead atoms. The molecule has 16 heavy (non-hydrogen) atoms. The number of nitrogens with zero attached hydrogens (tertiary/aromatic N) is 1. The summed E-state index contributed by atoms with van der Waals surface area (Å²) in [6.07, 6.45) is 0. The van der Waals surface area contributed by atoms with Crippen LogP contribution in [0.4, 0.5) is 5.69 Å². The van der Waals surface area contributed by atoms with Crippen LogP contribution in [0, 0.1) is 6.92 Å². The zero-order chi connectivity index (χ0) is 11.7. The molecule has 1 heterocycles. The lowest BCUT2D eigenvalue weighted by Crippen LogP contribution is -2.56. The second kappa shape index (κ2) is 4.14. The van der Waals surface area contributed by atoms with Gasteiger partial charge in [-0.25, -0.2) is 4.79 Å². The highest BCUT2D eigenvalue weighted by Gasteiger charge is 2.22. The normalized spacial score (nSPS) is 15.6. The number of aryl methyl sites for hydroxylation is 1. The van der Waals surface area contributed by atoms with E-state index in [9.17, 15) is 4.79 Å². The first-order chi connectivity index (χ1) is 7.59. The fraction of sp³-hybridized carbons (Fsp3) is 0.417. The van der Waals surface area contributed by atoms with Crippen molar-refractivity contribution in [2.75, 3.05) is 25.0 Å². The van der Waals surface area contributed by atoms with Crippen molar-refractivity contribution in [3.05, 3.63) is 29.3 Å². The summed E-state index contributed by atoms with van der Waals surface area (Å²) in [6, 6.07) is 6.06. The average molecular weight is 220 g/mol. The van der Waals surface area contributed by atoms with E-state index in [1.165, 1.54) is 0 Å². The van der Waals surface area contributed by atoms with Gasteiger partial charge in [-0.1, -0.05) is 6.07 Å². The van der Waals surface area contributed by atoms with Crippen molar-refractivity contribution in [1.82, 2.24) is 5.32 Å². The van der Waals surface area contributed by atoms with E-state index >= 15 is 0 Å². The molecule has 2 N–H and O–H groups in total. The van der Waals surface area contributed by atoms with Crippen LogP contribution in [0.1, 0.15) is 15.9 Å². The maximum atomic E-state index is 11.0. The van der Waals surface area contributed by atoms with Crippen molar-refractivity contribution in [2.45, 2.75) is 13.0 Å². The van der Waals surface area contributed by atoms with E-state index < -0.39 is 5.97 Å². The number of likely N-dealkylation sites (N-methyl/N-ethyl adjacent to an activating group) is 1. The molecule has 1 saturated heterocycles. The lowest BCUT2D eigenvalue weighted by molar-refractivity contribution is 0.0696. The predicted octanol–water partition coefficient (Wildman–Crippen LogP) is 1.10. The van der Waals surface area contributed by atoms with Gasteiger partial charge in [-0.3, -0.25) is 0 Å². The standard InChI is InChI=1S/C12H16N2O2/c1-8-3-4-9(5-11(8)12(15)16)14(2)10-6-13-7-10/h3-5,10,13H,6-7H2,1-2H3,(H,15,16). The molecule has 0 aliphatic carbocycles. The molecule has 4 heteroatoms. The van der Waals surface area contributed by atoms with Crippen LogP contribution in [0.3, 0.4) is 0 Å². The third-order valence-electron chi connectivity index (χ3n) is 3.17. The maximum Gasteiger partial charge on any atom is 0.336 e. The molecule has 1 aliphatic heterocycles. The minimum Gasteiger partial charge on any atom is -0.478 e. The number of carboxylic acids is 1. The average Bonchev–Trinajstić information content (AvgIpc) is 2.15. The van der Waals surface area contributed by atoms with Gasteiger partial charge in [-0.05, 0) is 24.6 Å². The zero-order valence-electron chi connectivity index (χ0n) is 9.53. The monoisotopic (exact) mass is 220 g/mol. The molecule has 0 aromatic heterocycles. The van der Waals surface area contributed by atoms with Crippen molar-refractivity contribution in [2.24, 2.45) is 0 Å². The minimum atomic E-state index is -0.862. The fourth-order valence-corrected chi connectivity index (χ4v) is 1.82. The van der Waals surface area contributed by atoms with Crippen molar-refractivity contribution in [3.8, 4) is 0 Å². The first-order valence-electron chi connectivity index (χ1n) is 5.37. The molecule has 0 saturated carbocycles. The number of hydrogen-bond acceptors (Lipinski definition) is 3. The van der Waals surface area contributed by atoms with E-state index in [1.54, 1.807) is 6.07 Å². The largest absolute Gasteiger partial charge is 0.478 e. The Morgan fingerprint density at radius 3 is 2.69 bits per heavy atom. The quantitative estimate of drug-likeness (QED) is 0.801. The van der Waals surface area contributed by atoms with Gasteiger partial charge in [0.25, 0.3) is 0 Å². The number of benzene rings is 1. The topological polar surface area (TPSA) is 52.6 Å². The van der Waals surface area contributed by atoms with Gasteiger partial charge in [-0.15, -0.1) is 0 Å². The van der Waals surface area contributed by atoms with Crippen LogP contribution in [0.25, 0.3) is 0 Å². The maximum absolute atomic E-state index is 11.0. The van der Waals surface area contributed by atoms with E-state index in [1.807, 2.05) is 26.1 Å². The van der Waals surface area contributed by atoms with Crippen LogP contribution in [0.15, 0.2) is 18.2 Å². The smallest absolute Gasteiger partial charge is 0.336 e. The first-order valence-corrected chi connectivity index (χ1v) is 5.37. The fourth-order valence-electron chi connectivity index (χ4n) is 1.82. The highest BCUT2D eigenvalue weighted by molar-refractivity contribution is 5.90. The Morgan fingerprint density at radius 2 is 2.19 bits per heavy atom. The lowest BCUT2D eigenvalue weighted by Gasteiger charge is -2.37. The lowest BCUT2D eigenvalue weighted by atomic mass is 10.1. The third kappa shape index (κ3) is 1.88. The Hall–Kier alpha value is -1.55. The number of anilines is 1. The molecule has 0 amide bonds. The van der Waals surface area contributed by atoms with Crippen LogP contribution < -0.4 is 10.2 Å². The van der Waals surface area contributed by atoms with Gasteiger partial charge in [0.1, 0.15) is 0 Å². The summed E-state index contributed by atoms with van der Waals surface area (Å²) in [4.78, 5) is 13.1. The molecule has 0 spiro atoms. The van der Waals surface area contributed by atoms with Crippen LogP contribution >= 0.6 is 0 Å². The molecule has 1 fully saturated rings. The number of carboxylic acid groups (broad SMARTS) is 1. The van der Waals surface area contributed by atoms with E-state index in [2.05, 4.69) is 10.2 Å². The van der Waals surface area contributed by atoms with Gasteiger partial charge in [0, 0.05) is 25.8 Å². The van der Waals surface area contributed by atoms with Crippen molar-refractivity contribution < 1.29 is 9.90 Å². The van der Waals surface area contributed by atoms with Gasteiger partial charge >= 0.3 is 5.97 Å². The number of aromatic carboxylic acids is 1. The first kappa shape index (κ1) is 11.0. The molecule has 1 aromatic rings. The summed E-state index contributed by atoms with van der Waals surface area (Å²) >= 11 is 0. The second-order valence-electron chi connectivity index (χ2n) is 4.23. The SMILES string of the molecule is Cc1ccc(N(C)C2CNC2)cc1C(=O)O. The molecule has 0 unspecified atom stereocenters. The molecule has 0 radical (unpaired) electrons. The van der Waals surface area contributed by atoms with Gasteiger partial charge in [0.15, 0.2) is 0 Å². The van der Waals surface area contributed by atoms with Gasteiger partial charge in [0.05, 0.1) is 11.6 Å². The third-order valence-corrected chi connectivity index (χ3v) is 3.17. The molecule has 2 rings (SSSR count).